The molecule has 0 aromatic heterocycles. The summed E-state index contributed by atoms with van der Waals surface area (Å²) >= 11 is 0. The molecular weight excluding hydrogens is 236 g/mol. The molecule has 1 aromatic carbocycles. The Kier molecular flexibility index (Phi) is 6.94. The minimum Gasteiger partial charge on any atom is -0.462 e. The summed E-state index contributed by atoms with van der Waals surface area (Å²) in [4.78, 5) is 11.6. The number of ether oxygens (including phenoxy) is 1. The zero-order valence-corrected chi connectivity index (χ0v) is 12.2. The van der Waals surface area contributed by atoms with E-state index in [-0.39, 0.29) is 5.97 Å². The standard InChI is InChI=1S/C17H24O2/c1-4-7-9-14(8-5-2)15-10-12-16(13-11-15)17(18)19-6-3/h9-13H,4-8H2,1-3H3. The third kappa shape index (κ3) is 4.90. The molecule has 0 unspecified atom stereocenters. The second-order valence-electron chi connectivity index (χ2n) is 4.57. The average Bonchev–Trinajstić information content (AvgIpc) is 2.44. The predicted octanol–water partition coefficient (Wildman–Crippen LogP) is 4.85. The highest BCUT2D eigenvalue weighted by atomic mass is 16.5. The van der Waals surface area contributed by atoms with Gasteiger partial charge in [0, 0.05) is 0 Å². The zero-order chi connectivity index (χ0) is 14.1. The van der Waals surface area contributed by atoms with Crippen LogP contribution in [0.4, 0.5) is 0 Å². The van der Waals surface area contributed by atoms with E-state index in [1.54, 1.807) is 0 Å². The molecule has 0 heterocycles. The van der Waals surface area contributed by atoms with E-state index in [9.17, 15) is 4.79 Å². The van der Waals surface area contributed by atoms with Gasteiger partial charge in [-0.25, -0.2) is 4.79 Å². The van der Waals surface area contributed by atoms with Crippen LogP contribution in [0.1, 0.15) is 62.4 Å². The third-order valence-corrected chi connectivity index (χ3v) is 2.97. The molecule has 0 amide bonds. The Balaban J connectivity index is 2.85. The van der Waals surface area contributed by atoms with E-state index in [1.807, 2.05) is 31.2 Å². The Morgan fingerprint density at radius 2 is 1.68 bits per heavy atom. The first-order valence-electron chi connectivity index (χ1n) is 7.19. The lowest BCUT2D eigenvalue weighted by Crippen LogP contribution is -2.04. The number of carbonyl (C=O) groups excluding carboxylic acids is 1. The molecule has 0 atom stereocenters. The lowest BCUT2D eigenvalue weighted by atomic mass is 9.99. The van der Waals surface area contributed by atoms with Crippen LogP contribution in [0.25, 0.3) is 5.57 Å². The van der Waals surface area contributed by atoms with Gasteiger partial charge >= 0.3 is 5.97 Å². The molecule has 0 spiro atoms. The summed E-state index contributed by atoms with van der Waals surface area (Å²) in [6.07, 6.45) is 6.79. The fourth-order valence-corrected chi connectivity index (χ4v) is 1.99. The molecule has 0 aliphatic heterocycles. The van der Waals surface area contributed by atoms with Gasteiger partial charge in [0.1, 0.15) is 0 Å². The molecule has 0 bridgehead atoms. The van der Waals surface area contributed by atoms with E-state index in [0.717, 1.165) is 25.7 Å². The molecule has 0 aliphatic rings. The first-order valence-corrected chi connectivity index (χ1v) is 7.19. The number of hydrogen-bond acceptors (Lipinski definition) is 2. The fraction of sp³-hybridized carbons (Fsp3) is 0.471. The summed E-state index contributed by atoms with van der Waals surface area (Å²) in [5.74, 6) is -0.247. The Morgan fingerprint density at radius 3 is 2.21 bits per heavy atom. The van der Waals surface area contributed by atoms with Gasteiger partial charge in [0.15, 0.2) is 0 Å². The molecule has 0 saturated carbocycles. The smallest absolute Gasteiger partial charge is 0.338 e. The van der Waals surface area contributed by atoms with Crippen LogP contribution >= 0.6 is 0 Å². The first-order chi connectivity index (χ1) is 9.22. The number of rotatable bonds is 7. The molecule has 104 valence electrons. The van der Waals surface area contributed by atoms with Gasteiger partial charge in [-0.3, -0.25) is 0 Å². The number of unbranched alkanes of at least 4 members (excludes halogenated alkanes) is 1. The quantitative estimate of drug-likeness (QED) is 0.655. The Labute approximate surface area is 116 Å². The van der Waals surface area contributed by atoms with Gasteiger partial charge in [0.05, 0.1) is 12.2 Å². The van der Waals surface area contributed by atoms with Gasteiger partial charge < -0.3 is 4.74 Å². The number of esters is 1. The maximum Gasteiger partial charge on any atom is 0.338 e. The van der Waals surface area contributed by atoms with E-state index >= 15 is 0 Å². The van der Waals surface area contributed by atoms with Crippen molar-refractivity contribution in [2.24, 2.45) is 0 Å². The van der Waals surface area contributed by atoms with Crippen molar-refractivity contribution < 1.29 is 9.53 Å². The summed E-state index contributed by atoms with van der Waals surface area (Å²) in [5, 5.41) is 0. The van der Waals surface area contributed by atoms with Crippen LogP contribution in [-0.2, 0) is 4.74 Å². The topological polar surface area (TPSA) is 26.3 Å². The molecule has 0 radical (unpaired) electrons. The summed E-state index contributed by atoms with van der Waals surface area (Å²) in [6.45, 7) is 6.61. The van der Waals surface area contributed by atoms with Gasteiger partial charge in [-0.05, 0) is 43.0 Å². The SMILES string of the molecule is CCCC=C(CCC)c1ccc(C(=O)OCC)cc1. The number of hydrogen-bond donors (Lipinski definition) is 0. The van der Waals surface area contributed by atoms with Gasteiger partial charge in [-0.15, -0.1) is 0 Å². The molecule has 19 heavy (non-hydrogen) atoms. The second kappa shape index (κ2) is 8.52. The highest BCUT2D eigenvalue weighted by Crippen LogP contribution is 2.21. The van der Waals surface area contributed by atoms with Crippen molar-refractivity contribution in [3.63, 3.8) is 0 Å². The largest absolute Gasteiger partial charge is 0.462 e. The van der Waals surface area contributed by atoms with Gasteiger partial charge in [-0.2, -0.15) is 0 Å². The summed E-state index contributed by atoms with van der Waals surface area (Å²) in [5.41, 5.74) is 3.21. The average molecular weight is 260 g/mol. The van der Waals surface area contributed by atoms with Gasteiger partial charge in [-0.1, -0.05) is 44.9 Å². The predicted molar refractivity (Wildman–Crippen MR) is 80.2 cm³/mol. The van der Waals surface area contributed by atoms with Crippen LogP contribution in [0.2, 0.25) is 0 Å². The molecule has 1 aromatic rings. The monoisotopic (exact) mass is 260 g/mol. The Morgan fingerprint density at radius 1 is 1.05 bits per heavy atom. The van der Waals surface area contributed by atoms with Crippen molar-refractivity contribution in [3.8, 4) is 0 Å². The first kappa shape index (κ1) is 15.5. The normalized spacial score (nSPS) is 11.4. The van der Waals surface area contributed by atoms with E-state index in [2.05, 4.69) is 19.9 Å². The molecule has 0 N–H and O–H groups in total. The third-order valence-electron chi connectivity index (χ3n) is 2.97. The Bertz CT molecular complexity index is 415. The van der Waals surface area contributed by atoms with Crippen molar-refractivity contribution in [2.45, 2.75) is 46.5 Å². The molecule has 2 heteroatoms. The van der Waals surface area contributed by atoms with Crippen molar-refractivity contribution >= 4 is 11.5 Å². The molecular formula is C17H24O2. The summed E-state index contributed by atoms with van der Waals surface area (Å²) in [6, 6.07) is 7.73. The minimum absolute atomic E-state index is 0.247. The van der Waals surface area contributed by atoms with Crippen molar-refractivity contribution in [2.75, 3.05) is 6.61 Å². The summed E-state index contributed by atoms with van der Waals surface area (Å²) < 4.78 is 4.99. The van der Waals surface area contributed by atoms with Gasteiger partial charge in [0.2, 0.25) is 0 Å². The summed E-state index contributed by atoms with van der Waals surface area (Å²) in [7, 11) is 0. The zero-order valence-electron chi connectivity index (χ0n) is 12.2. The van der Waals surface area contributed by atoms with Crippen LogP contribution in [-0.4, -0.2) is 12.6 Å². The maximum absolute atomic E-state index is 11.6. The Hall–Kier alpha value is -1.57. The van der Waals surface area contributed by atoms with E-state index in [0.29, 0.717) is 12.2 Å². The van der Waals surface area contributed by atoms with Crippen LogP contribution in [0.15, 0.2) is 30.3 Å². The van der Waals surface area contributed by atoms with Crippen molar-refractivity contribution in [1.82, 2.24) is 0 Å². The van der Waals surface area contributed by atoms with Crippen LogP contribution in [0, 0.1) is 0 Å². The van der Waals surface area contributed by atoms with Gasteiger partial charge in [0.25, 0.3) is 0 Å². The van der Waals surface area contributed by atoms with E-state index in [4.69, 9.17) is 4.74 Å². The van der Waals surface area contributed by atoms with Crippen LogP contribution in [0.3, 0.4) is 0 Å². The van der Waals surface area contributed by atoms with Crippen molar-refractivity contribution in [3.05, 3.63) is 41.5 Å². The second-order valence-corrected chi connectivity index (χ2v) is 4.57. The van der Waals surface area contributed by atoms with Crippen LogP contribution in [0.5, 0.6) is 0 Å². The highest BCUT2D eigenvalue weighted by Gasteiger charge is 2.07. The maximum atomic E-state index is 11.6. The van der Waals surface area contributed by atoms with E-state index in [1.165, 1.54) is 11.1 Å². The minimum atomic E-state index is -0.247. The highest BCUT2D eigenvalue weighted by molar-refractivity contribution is 5.89. The molecule has 2 nitrogen and oxygen atoms in total. The molecule has 0 aliphatic carbocycles. The van der Waals surface area contributed by atoms with E-state index < -0.39 is 0 Å². The van der Waals surface area contributed by atoms with Crippen LogP contribution < -0.4 is 0 Å². The molecule has 1 rings (SSSR count). The van der Waals surface area contributed by atoms with Crippen molar-refractivity contribution in [1.29, 1.82) is 0 Å². The number of allylic oxidation sites excluding steroid dienone is 2. The molecule has 0 fully saturated rings. The number of carbonyl (C=O) groups is 1. The molecule has 0 saturated heterocycles. The fourth-order valence-electron chi connectivity index (χ4n) is 1.99. The number of benzene rings is 1. The lowest BCUT2D eigenvalue weighted by molar-refractivity contribution is 0.0526. The lowest BCUT2D eigenvalue weighted by Gasteiger charge is -2.08.